The molecule has 2 rings (SSSR count). The molecule has 1 heterocycles. The van der Waals surface area contributed by atoms with Gasteiger partial charge in [0.1, 0.15) is 0 Å². The lowest BCUT2D eigenvalue weighted by molar-refractivity contribution is 0.0954. The highest BCUT2D eigenvalue weighted by Crippen LogP contribution is 2.18. The molecule has 1 aromatic heterocycles. The predicted molar refractivity (Wildman–Crippen MR) is 86.9 cm³/mol. The molecule has 0 aliphatic carbocycles. The van der Waals surface area contributed by atoms with Crippen molar-refractivity contribution in [3.63, 3.8) is 0 Å². The molecule has 2 aromatic rings. The lowest BCUT2D eigenvalue weighted by Crippen LogP contribution is -2.25. The van der Waals surface area contributed by atoms with Crippen LogP contribution in [0.4, 0.5) is 0 Å². The fourth-order valence-electron chi connectivity index (χ4n) is 2.01. The molecule has 0 saturated carbocycles. The number of para-hydroxylation sites is 1. The van der Waals surface area contributed by atoms with Crippen molar-refractivity contribution in [2.45, 2.75) is 19.8 Å². The van der Waals surface area contributed by atoms with Gasteiger partial charge in [-0.1, -0.05) is 40.8 Å². The molecule has 0 radical (unpaired) electrons. The van der Waals surface area contributed by atoms with Crippen LogP contribution in [0.2, 0.25) is 0 Å². The van der Waals surface area contributed by atoms with Crippen LogP contribution in [0.15, 0.2) is 30.3 Å². The average Bonchev–Trinajstić information content (AvgIpc) is 2.42. The van der Waals surface area contributed by atoms with Gasteiger partial charge in [-0.2, -0.15) is 0 Å². The number of aryl methyl sites for hydroxylation is 1. The average molecular weight is 368 g/mol. The lowest BCUT2D eigenvalue weighted by Gasteiger charge is -2.08. The number of amides is 1. The molecule has 4 heteroatoms. The molecule has 0 fully saturated rings. The Morgan fingerprint density at radius 1 is 1.32 bits per heavy atom. The van der Waals surface area contributed by atoms with Crippen molar-refractivity contribution in [2.24, 2.45) is 0 Å². The molecular weight excluding hydrogens is 351 g/mol. The highest BCUT2D eigenvalue weighted by atomic mass is 127. The summed E-state index contributed by atoms with van der Waals surface area (Å²) < 4.78 is 1.13. The van der Waals surface area contributed by atoms with Gasteiger partial charge in [-0.3, -0.25) is 9.78 Å². The summed E-state index contributed by atoms with van der Waals surface area (Å²) in [6, 6.07) is 9.62. The molecule has 100 valence electrons. The molecule has 1 amide bonds. The number of unbranched alkanes of at least 4 members (excludes halogenated alkanes) is 1. The van der Waals surface area contributed by atoms with Crippen LogP contribution < -0.4 is 5.32 Å². The van der Waals surface area contributed by atoms with E-state index in [1.807, 2.05) is 37.3 Å². The Bertz CT molecular complexity index is 583. The number of benzene rings is 1. The van der Waals surface area contributed by atoms with Gasteiger partial charge in [-0.15, -0.1) is 0 Å². The monoisotopic (exact) mass is 368 g/mol. The van der Waals surface area contributed by atoms with Crippen molar-refractivity contribution in [1.29, 1.82) is 0 Å². The summed E-state index contributed by atoms with van der Waals surface area (Å²) in [5.41, 5.74) is 2.47. The van der Waals surface area contributed by atoms with Gasteiger partial charge in [0.25, 0.3) is 5.91 Å². The molecule has 0 unspecified atom stereocenters. The molecular formula is C15H17IN2O. The number of carbonyl (C=O) groups excluding carboxylic acids is 1. The van der Waals surface area contributed by atoms with Gasteiger partial charge in [0.15, 0.2) is 0 Å². The largest absolute Gasteiger partial charge is 0.352 e. The number of fused-ring (bicyclic) bond motifs is 1. The van der Waals surface area contributed by atoms with Crippen molar-refractivity contribution >= 4 is 39.4 Å². The summed E-state index contributed by atoms with van der Waals surface area (Å²) in [4.78, 5) is 16.7. The zero-order valence-electron chi connectivity index (χ0n) is 10.9. The maximum atomic E-state index is 12.2. The number of hydrogen-bond donors (Lipinski definition) is 1. The Kier molecular flexibility index (Phi) is 5.13. The summed E-state index contributed by atoms with van der Waals surface area (Å²) in [5, 5.41) is 3.90. The van der Waals surface area contributed by atoms with Gasteiger partial charge in [0, 0.05) is 17.6 Å². The van der Waals surface area contributed by atoms with E-state index in [4.69, 9.17) is 0 Å². The molecule has 0 aliphatic heterocycles. The van der Waals surface area contributed by atoms with E-state index in [0.717, 1.165) is 46.0 Å². The van der Waals surface area contributed by atoms with Crippen molar-refractivity contribution in [3.8, 4) is 0 Å². The van der Waals surface area contributed by atoms with Crippen LogP contribution in [0.3, 0.4) is 0 Å². The molecule has 1 N–H and O–H groups in total. The Balaban J connectivity index is 2.21. The van der Waals surface area contributed by atoms with E-state index < -0.39 is 0 Å². The normalized spacial score (nSPS) is 10.6. The second-order valence-electron chi connectivity index (χ2n) is 4.48. The minimum absolute atomic E-state index is 0.00448. The van der Waals surface area contributed by atoms with E-state index in [1.54, 1.807) is 0 Å². The van der Waals surface area contributed by atoms with Crippen LogP contribution >= 0.6 is 22.6 Å². The zero-order chi connectivity index (χ0) is 13.7. The van der Waals surface area contributed by atoms with E-state index in [2.05, 4.69) is 32.9 Å². The number of halogens is 1. The minimum Gasteiger partial charge on any atom is -0.352 e. The van der Waals surface area contributed by atoms with Crippen LogP contribution in [0.5, 0.6) is 0 Å². The quantitative estimate of drug-likeness (QED) is 0.499. The summed E-state index contributed by atoms with van der Waals surface area (Å²) in [6.07, 6.45) is 2.16. The SMILES string of the molecule is Cc1cc(C(=O)NCCCCI)c2ccccc2n1. The minimum atomic E-state index is -0.00448. The Morgan fingerprint density at radius 2 is 2.11 bits per heavy atom. The molecule has 0 atom stereocenters. The topological polar surface area (TPSA) is 42.0 Å². The zero-order valence-corrected chi connectivity index (χ0v) is 13.1. The number of rotatable bonds is 5. The van der Waals surface area contributed by atoms with Gasteiger partial charge in [-0.05, 0) is 36.3 Å². The third-order valence-corrected chi connectivity index (χ3v) is 3.70. The van der Waals surface area contributed by atoms with Gasteiger partial charge in [-0.25, -0.2) is 0 Å². The number of aromatic nitrogens is 1. The van der Waals surface area contributed by atoms with Gasteiger partial charge in [0.2, 0.25) is 0 Å². The lowest BCUT2D eigenvalue weighted by atomic mass is 10.1. The molecule has 1 aromatic carbocycles. The van der Waals surface area contributed by atoms with Crippen molar-refractivity contribution < 1.29 is 4.79 Å². The summed E-state index contributed by atoms with van der Waals surface area (Å²) in [6.45, 7) is 2.65. The fourth-order valence-corrected chi connectivity index (χ4v) is 2.55. The predicted octanol–water partition coefficient (Wildman–Crippen LogP) is 3.49. The molecule has 0 saturated heterocycles. The maximum absolute atomic E-state index is 12.2. The van der Waals surface area contributed by atoms with Crippen LogP contribution in [0.1, 0.15) is 28.9 Å². The molecule has 19 heavy (non-hydrogen) atoms. The maximum Gasteiger partial charge on any atom is 0.252 e. The van der Waals surface area contributed by atoms with Gasteiger partial charge < -0.3 is 5.32 Å². The second-order valence-corrected chi connectivity index (χ2v) is 5.56. The highest BCUT2D eigenvalue weighted by molar-refractivity contribution is 14.1. The van der Waals surface area contributed by atoms with Gasteiger partial charge in [0.05, 0.1) is 11.1 Å². The second kappa shape index (κ2) is 6.84. The van der Waals surface area contributed by atoms with Crippen molar-refractivity contribution in [2.75, 3.05) is 11.0 Å². The van der Waals surface area contributed by atoms with E-state index in [1.165, 1.54) is 0 Å². The Morgan fingerprint density at radius 3 is 2.89 bits per heavy atom. The molecule has 0 aliphatic rings. The number of hydrogen-bond acceptors (Lipinski definition) is 2. The summed E-state index contributed by atoms with van der Waals surface area (Å²) in [7, 11) is 0. The van der Waals surface area contributed by atoms with E-state index >= 15 is 0 Å². The number of carbonyl (C=O) groups is 1. The van der Waals surface area contributed by atoms with E-state index in [9.17, 15) is 4.79 Å². The van der Waals surface area contributed by atoms with E-state index in [-0.39, 0.29) is 5.91 Å². The summed E-state index contributed by atoms with van der Waals surface area (Å²) >= 11 is 2.35. The Hall–Kier alpha value is -1.17. The van der Waals surface area contributed by atoms with Crippen molar-refractivity contribution in [3.05, 3.63) is 41.6 Å². The Labute approximate surface area is 126 Å². The number of nitrogens with zero attached hydrogens (tertiary/aromatic N) is 1. The fraction of sp³-hybridized carbons (Fsp3) is 0.333. The van der Waals surface area contributed by atoms with Crippen molar-refractivity contribution in [1.82, 2.24) is 10.3 Å². The molecule has 0 bridgehead atoms. The third-order valence-electron chi connectivity index (χ3n) is 2.93. The van der Waals surface area contributed by atoms with E-state index in [0.29, 0.717) is 0 Å². The van der Waals surface area contributed by atoms with Crippen LogP contribution in [-0.2, 0) is 0 Å². The standard InChI is InChI=1S/C15H17IN2O/c1-11-10-13(15(19)17-9-5-4-8-16)12-6-2-3-7-14(12)18-11/h2-3,6-7,10H,4-5,8-9H2,1H3,(H,17,19). The highest BCUT2D eigenvalue weighted by Gasteiger charge is 2.10. The van der Waals surface area contributed by atoms with Crippen LogP contribution in [0.25, 0.3) is 10.9 Å². The first-order chi connectivity index (χ1) is 9.22. The number of nitrogens with one attached hydrogen (secondary N) is 1. The number of alkyl halides is 1. The first kappa shape index (κ1) is 14.2. The third kappa shape index (κ3) is 3.65. The van der Waals surface area contributed by atoms with Crippen LogP contribution in [0, 0.1) is 6.92 Å². The number of pyridine rings is 1. The molecule has 0 spiro atoms. The smallest absolute Gasteiger partial charge is 0.252 e. The molecule has 3 nitrogen and oxygen atoms in total. The van der Waals surface area contributed by atoms with Gasteiger partial charge >= 0.3 is 0 Å². The first-order valence-corrected chi connectivity index (χ1v) is 7.95. The first-order valence-electron chi connectivity index (χ1n) is 6.43. The van der Waals surface area contributed by atoms with Crippen LogP contribution in [-0.4, -0.2) is 21.9 Å². The summed E-state index contributed by atoms with van der Waals surface area (Å²) in [5.74, 6) is -0.00448.